The number of nitrogens with zero attached hydrogens (tertiary/aromatic N) is 1. The summed E-state index contributed by atoms with van der Waals surface area (Å²) in [4.78, 5) is 11.4. The van der Waals surface area contributed by atoms with E-state index in [1.54, 1.807) is 19.1 Å². The summed E-state index contributed by atoms with van der Waals surface area (Å²) in [5, 5.41) is 3.30. The van der Waals surface area contributed by atoms with Crippen LogP contribution in [0, 0.1) is 0 Å². The minimum absolute atomic E-state index is 0.0492. The monoisotopic (exact) mass is 370 g/mol. The van der Waals surface area contributed by atoms with Gasteiger partial charge in [-0.15, -0.1) is 9.39 Å². The lowest BCUT2D eigenvalue weighted by molar-refractivity contribution is 0.101. The third-order valence-corrected chi connectivity index (χ3v) is 5.50. The van der Waals surface area contributed by atoms with Crippen LogP contribution in [-0.4, -0.2) is 29.0 Å². The maximum Gasteiger partial charge on any atom is 0.159 e. The van der Waals surface area contributed by atoms with Crippen molar-refractivity contribution in [1.29, 1.82) is 0 Å². The van der Waals surface area contributed by atoms with Crippen molar-refractivity contribution in [2.24, 2.45) is 4.40 Å². The summed E-state index contributed by atoms with van der Waals surface area (Å²) in [5.74, 6) is 9.32. The second kappa shape index (κ2) is 9.97. The van der Waals surface area contributed by atoms with Crippen LogP contribution < -0.4 is 5.32 Å². The van der Waals surface area contributed by atoms with E-state index in [0.29, 0.717) is 5.56 Å². The number of hydrogen-bond acceptors (Lipinski definition) is 3. The highest BCUT2D eigenvalue weighted by molar-refractivity contribution is 8.26. The molecule has 1 aromatic rings. The number of hydrogen-bond donors (Lipinski definition) is 1. The minimum atomic E-state index is -1.51. The topological polar surface area (TPSA) is 41.5 Å². The highest BCUT2D eigenvalue weighted by Gasteiger charge is 2.08. The van der Waals surface area contributed by atoms with E-state index in [1.165, 1.54) is 0 Å². The van der Waals surface area contributed by atoms with Crippen LogP contribution in [0.15, 0.2) is 64.7 Å². The van der Waals surface area contributed by atoms with Gasteiger partial charge in [-0.1, -0.05) is 43.5 Å². The van der Waals surface area contributed by atoms with Gasteiger partial charge in [0.25, 0.3) is 0 Å². The number of anilines is 1. The molecule has 0 spiro atoms. The first-order valence-electron chi connectivity index (χ1n) is 8.64. The molecule has 0 radical (unpaired) electrons. The molecular formula is C22H30N2OS. The van der Waals surface area contributed by atoms with E-state index in [9.17, 15) is 4.79 Å². The summed E-state index contributed by atoms with van der Waals surface area (Å²) in [5.41, 5.74) is 4.08. The maximum atomic E-state index is 11.4. The van der Waals surface area contributed by atoms with Gasteiger partial charge in [0.05, 0.1) is 5.71 Å². The third kappa shape index (κ3) is 6.89. The van der Waals surface area contributed by atoms with Gasteiger partial charge in [-0.2, -0.15) is 0 Å². The van der Waals surface area contributed by atoms with E-state index in [4.69, 9.17) is 4.40 Å². The highest BCUT2D eigenvalue weighted by Crippen LogP contribution is 2.25. The molecular weight excluding hydrogens is 340 g/mol. The Kier molecular flexibility index (Phi) is 8.33. The molecule has 1 rings (SSSR count). The zero-order chi connectivity index (χ0) is 19.7. The van der Waals surface area contributed by atoms with Crippen molar-refractivity contribution in [1.82, 2.24) is 0 Å². The van der Waals surface area contributed by atoms with Crippen LogP contribution in [0.4, 0.5) is 5.69 Å². The zero-order valence-electron chi connectivity index (χ0n) is 16.3. The molecule has 1 aromatic carbocycles. The molecule has 4 heteroatoms. The van der Waals surface area contributed by atoms with Crippen LogP contribution in [-0.2, 0) is 0 Å². The number of carbonyl (C=O) groups is 1. The normalized spacial score (nSPS) is 13.1. The molecule has 0 aliphatic carbocycles. The Morgan fingerprint density at radius 2 is 1.85 bits per heavy atom. The predicted octanol–water partition coefficient (Wildman–Crippen LogP) is 5.77. The number of carbonyl (C=O) groups excluding carboxylic acids is 1. The Balaban J connectivity index is 3.11. The lowest BCUT2D eigenvalue weighted by Gasteiger charge is -2.16. The van der Waals surface area contributed by atoms with Gasteiger partial charge < -0.3 is 5.32 Å². The second-order valence-corrected chi connectivity index (χ2v) is 8.81. The van der Waals surface area contributed by atoms with Gasteiger partial charge >= 0.3 is 0 Å². The van der Waals surface area contributed by atoms with Gasteiger partial charge in [0.1, 0.15) is 0 Å². The number of nitrogens with one attached hydrogen (secondary N) is 1. The average Bonchev–Trinajstić information content (AvgIpc) is 2.55. The number of ketones is 1. The Morgan fingerprint density at radius 1 is 1.23 bits per heavy atom. The Hall–Kier alpha value is -2.33. The molecule has 0 aromatic heterocycles. The van der Waals surface area contributed by atoms with Gasteiger partial charge in [-0.05, 0) is 51.5 Å². The Morgan fingerprint density at radius 3 is 2.35 bits per heavy atom. The van der Waals surface area contributed by atoms with Crippen LogP contribution in [0.2, 0.25) is 0 Å². The molecule has 0 saturated heterocycles. The molecule has 3 nitrogen and oxygen atoms in total. The molecule has 1 N–H and O–H groups in total. The summed E-state index contributed by atoms with van der Waals surface area (Å²) in [6.45, 7) is 11.8. The molecule has 0 heterocycles. The van der Waals surface area contributed by atoms with Crippen LogP contribution in [0.25, 0.3) is 0 Å². The van der Waals surface area contributed by atoms with E-state index < -0.39 is 9.39 Å². The Labute approximate surface area is 158 Å². The van der Waals surface area contributed by atoms with Crippen molar-refractivity contribution in [3.05, 3.63) is 65.9 Å². The molecule has 0 aliphatic heterocycles. The first-order valence-corrected chi connectivity index (χ1v) is 10.7. The molecule has 0 fully saturated rings. The molecule has 0 bridgehead atoms. The average molecular weight is 371 g/mol. The van der Waals surface area contributed by atoms with Crippen molar-refractivity contribution in [3.63, 3.8) is 0 Å². The fraction of sp³-hybridized carbons (Fsp3) is 0.273. The van der Waals surface area contributed by atoms with Crippen LogP contribution in [0.5, 0.6) is 0 Å². The van der Waals surface area contributed by atoms with Gasteiger partial charge in [-0.3, -0.25) is 4.79 Å². The molecule has 0 atom stereocenters. The number of Topliss-reactive ketones (excluding diaryl/α,β-unsaturated/α-hetero) is 1. The smallest absolute Gasteiger partial charge is 0.159 e. The summed E-state index contributed by atoms with van der Waals surface area (Å²) in [6.07, 6.45) is 6.92. The molecule has 0 saturated carbocycles. The summed E-state index contributed by atoms with van der Waals surface area (Å²) in [7, 11) is -1.51. The summed E-state index contributed by atoms with van der Waals surface area (Å²) >= 11 is 0. The molecule has 0 unspecified atom stereocenters. The molecule has 140 valence electrons. The lowest BCUT2D eigenvalue weighted by atomic mass is 10.1. The number of benzene rings is 1. The van der Waals surface area contributed by atoms with E-state index >= 15 is 0 Å². The van der Waals surface area contributed by atoms with Crippen molar-refractivity contribution in [2.75, 3.05) is 11.1 Å². The van der Waals surface area contributed by atoms with E-state index in [0.717, 1.165) is 34.8 Å². The van der Waals surface area contributed by atoms with Gasteiger partial charge in [0, 0.05) is 28.3 Å². The fourth-order valence-corrected chi connectivity index (χ4v) is 3.96. The number of allylic oxidation sites excluding steroid dienone is 4. The van der Waals surface area contributed by atoms with Crippen LogP contribution in [0.3, 0.4) is 0 Å². The Bertz CT molecular complexity index is 839. The summed E-state index contributed by atoms with van der Waals surface area (Å²) in [6, 6.07) is 7.35. The van der Waals surface area contributed by atoms with E-state index in [2.05, 4.69) is 30.6 Å². The van der Waals surface area contributed by atoms with Crippen molar-refractivity contribution >= 4 is 38.3 Å². The van der Waals surface area contributed by atoms with Gasteiger partial charge in [-0.25, -0.2) is 4.40 Å². The standard InChI is InChI=1S/C22H30N2OS/c1-8-10-11-22(18(4)24-26(6,7)16-9-2)17(3)23-21-14-12-20(13-15-21)19(5)25/h8,10-15,23H,3,6-7,9,16H2,1-2,4-5H3/b10-8-,22-11-,24-18+. The molecule has 0 amide bonds. The van der Waals surface area contributed by atoms with Gasteiger partial charge in [0.15, 0.2) is 5.78 Å². The zero-order valence-corrected chi connectivity index (χ0v) is 17.2. The highest BCUT2D eigenvalue weighted by atomic mass is 32.2. The van der Waals surface area contributed by atoms with E-state index in [1.807, 2.05) is 44.2 Å². The van der Waals surface area contributed by atoms with E-state index in [-0.39, 0.29) is 5.78 Å². The predicted molar refractivity (Wildman–Crippen MR) is 122 cm³/mol. The fourth-order valence-electron chi connectivity index (χ4n) is 2.43. The summed E-state index contributed by atoms with van der Waals surface area (Å²) < 4.78 is 4.78. The van der Waals surface area contributed by atoms with Gasteiger partial charge in [0.2, 0.25) is 0 Å². The molecule has 26 heavy (non-hydrogen) atoms. The van der Waals surface area contributed by atoms with Crippen LogP contribution >= 0.6 is 9.39 Å². The van der Waals surface area contributed by atoms with Crippen molar-refractivity contribution < 1.29 is 4.79 Å². The maximum absolute atomic E-state index is 11.4. The van der Waals surface area contributed by atoms with Crippen LogP contribution in [0.1, 0.15) is 44.5 Å². The quantitative estimate of drug-likeness (QED) is 0.259. The molecule has 0 aliphatic rings. The third-order valence-electron chi connectivity index (χ3n) is 3.67. The largest absolute Gasteiger partial charge is 0.355 e. The second-order valence-electron chi connectivity index (χ2n) is 6.22. The van der Waals surface area contributed by atoms with Crippen molar-refractivity contribution in [3.8, 4) is 0 Å². The number of rotatable bonds is 9. The first-order chi connectivity index (χ1) is 12.2. The van der Waals surface area contributed by atoms with Crippen molar-refractivity contribution in [2.45, 2.75) is 34.1 Å². The first kappa shape index (κ1) is 21.7. The SMILES string of the molecule is C=C(Nc1ccc(C(C)=O)cc1)C(=C/C=C\C)/C(C)=N/S(=C)(=C)CCC. The minimum Gasteiger partial charge on any atom is -0.355 e. The lowest BCUT2D eigenvalue weighted by Crippen LogP contribution is -2.08.